The Labute approximate surface area is 130 Å². The first-order valence-corrected chi connectivity index (χ1v) is 7.36. The molecular formula is C17H20ClFN2. The van der Waals surface area contributed by atoms with Crippen molar-refractivity contribution < 1.29 is 4.39 Å². The molecule has 2 nitrogen and oxygen atoms in total. The first kappa shape index (κ1) is 15.8. The van der Waals surface area contributed by atoms with Gasteiger partial charge in [-0.05, 0) is 37.6 Å². The maximum Gasteiger partial charge on any atom is 0.129 e. The zero-order valence-corrected chi connectivity index (χ0v) is 13.1. The second kappa shape index (κ2) is 6.92. The molecule has 2 N–H and O–H groups in total. The van der Waals surface area contributed by atoms with E-state index in [0.717, 1.165) is 11.3 Å². The quantitative estimate of drug-likeness (QED) is 0.826. The van der Waals surface area contributed by atoms with Gasteiger partial charge in [-0.2, -0.15) is 0 Å². The lowest BCUT2D eigenvalue weighted by molar-refractivity contribution is 0.201. The van der Waals surface area contributed by atoms with Crippen LogP contribution in [0.1, 0.15) is 25.0 Å². The number of hydrogen-bond donors (Lipinski definition) is 1. The van der Waals surface area contributed by atoms with Crippen LogP contribution in [0, 0.1) is 5.82 Å². The summed E-state index contributed by atoms with van der Waals surface area (Å²) in [4.78, 5) is 2.18. The van der Waals surface area contributed by atoms with E-state index in [1.165, 1.54) is 6.07 Å². The van der Waals surface area contributed by atoms with Gasteiger partial charge in [-0.3, -0.25) is 4.90 Å². The van der Waals surface area contributed by atoms with Crippen molar-refractivity contribution in [3.05, 3.63) is 64.4 Å². The average Bonchev–Trinajstić information content (AvgIpc) is 2.42. The van der Waals surface area contributed by atoms with Crippen molar-refractivity contribution in [3.8, 4) is 0 Å². The molecule has 0 aliphatic rings. The first-order chi connectivity index (χ1) is 9.97. The summed E-state index contributed by atoms with van der Waals surface area (Å²) in [6.07, 6.45) is 0. The lowest BCUT2D eigenvalue weighted by atomic mass is 10.1. The predicted octanol–water partition coefficient (Wildman–Crippen LogP) is 4.47. The Hall–Kier alpha value is -1.58. The van der Waals surface area contributed by atoms with Crippen LogP contribution in [0.4, 0.5) is 10.1 Å². The van der Waals surface area contributed by atoms with Crippen molar-refractivity contribution in [1.82, 2.24) is 4.90 Å². The van der Waals surface area contributed by atoms with Gasteiger partial charge in [-0.1, -0.05) is 35.9 Å². The van der Waals surface area contributed by atoms with Crippen molar-refractivity contribution >= 4 is 17.3 Å². The van der Waals surface area contributed by atoms with E-state index in [1.54, 1.807) is 12.1 Å². The van der Waals surface area contributed by atoms with Gasteiger partial charge in [0.2, 0.25) is 0 Å². The van der Waals surface area contributed by atoms with E-state index in [9.17, 15) is 4.39 Å². The smallest absolute Gasteiger partial charge is 0.129 e. The molecule has 21 heavy (non-hydrogen) atoms. The monoisotopic (exact) mass is 306 g/mol. The summed E-state index contributed by atoms with van der Waals surface area (Å²) in [5.74, 6) is -0.269. The van der Waals surface area contributed by atoms with E-state index >= 15 is 0 Å². The SMILES string of the molecule is CC(C)N(Cc1ccccc1N)Cc1ccc(Cl)cc1F. The Morgan fingerprint density at radius 3 is 2.38 bits per heavy atom. The average molecular weight is 307 g/mol. The number of hydrogen-bond acceptors (Lipinski definition) is 2. The van der Waals surface area contributed by atoms with E-state index in [-0.39, 0.29) is 11.9 Å². The van der Waals surface area contributed by atoms with Gasteiger partial charge < -0.3 is 5.73 Å². The Bertz CT molecular complexity index is 613. The third kappa shape index (κ3) is 4.19. The Balaban J connectivity index is 2.18. The molecule has 0 fully saturated rings. The zero-order valence-electron chi connectivity index (χ0n) is 12.3. The fourth-order valence-corrected chi connectivity index (χ4v) is 2.35. The van der Waals surface area contributed by atoms with Crippen LogP contribution in [0.2, 0.25) is 5.02 Å². The van der Waals surface area contributed by atoms with Gasteiger partial charge in [-0.25, -0.2) is 4.39 Å². The molecule has 0 aliphatic carbocycles. The normalized spacial score (nSPS) is 11.3. The Kier molecular flexibility index (Phi) is 5.21. The lowest BCUT2D eigenvalue weighted by Crippen LogP contribution is -2.30. The van der Waals surface area contributed by atoms with Gasteiger partial charge in [0.05, 0.1) is 0 Å². The van der Waals surface area contributed by atoms with E-state index in [1.807, 2.05) is 24.3 Å². The number of anilines is 1. The van der Waals surface area contributed by atoms with Crippen LogP contribution in [0.15, 0.2) is 42.5 Å². The minimum atomic E-state index is -0.269. The van der Waals surface area contributed by atoms with Crippen molar-refractivity contribution in [1.29, 1.82) is 0 Å². The number of benzene rings is 2. The maximum atomic E-state index is 14.0. The summed E-state index contributed by atoms with van der Waals surface area (Å²) in [7, 11) is 0. The number of halogens is 2. The summed E-state index contributed by atoms with van der Waals surface area (Å²) in [5.41, 5.74) is 8.45. The van der Waals surface area contributed by atoms with E-state index < -0.39 is 0 Å². The summed E-state index contributed by atoms with van der Waals surface area (Å²) >= 11 is 5.80. The van der Waals surface area contributed by atoms with Crippen molar-refractivity contribution in [2.45, 2.75) is 33.0 Å². The van der Waals surface area contributed by atoms with Crippen LogP contribution in [-0.2, 0) is 13.1 Å². The highest BCUT2D eigenvalue weighted by Gasteiger charge is 2.14. The summed E-state index contributed by atoms with van der Waals surface area (Å²) in [6.45, 7) is 5.39. The zero-order chi connectivity index (χ0) is 15.4. The number of nitrogens with two attached hydrogens (primary N) is 1. The maximum absolute atomic E-state index is 14.0. The molecule has 0 radical (unpaired) electrons. The van der Waals surface area contributed by atoms with Crippen molar-refractivity contribution in [2.75, 3.05) is 5.73 Å². The van der Waals surface area contributed by atoms with Crippen molar-refractivity contribution in [3.63, 3.8) is 0 Å². The summed E-state index contributed by atoms with van der Waals surface area (Å²) in [5, 5.41) is 0.416. The highest BCUT2D eigenvalue weighted by Crippen LogP contribution is 2.20. The van der Waals surface area contributed by atoms with Gasteiger partial charge in [-0.15, -0.1) is 0 Å². The molecule has 0 heterocycles. The topological polar surface area (TPSA) is 29.3 Å². The van der Waals surface area contributed by atoms with Gasteiger partial charge >= 0.3 is 0 Å². The first-order valence-electron chi connectivity index (χ1n) is 6.98. The number of nitrogen functional groups attached to an aromatic ring is 1. The minimum Gasteiger partial charge on any atom is -0.398 e. The fraction of sp³-hybridized carbons (Fsp3) is 0.294. The second-order valence-corrected chi connectivity index (χ2v) is 5.87. The highest BCUT2D eigenvalue weighted by atomic mass is 35.5. The number of nitrogens with zero attached hydrogens (tertiary/aromatic N) is 1. The van der Waals surface area contributed by atoms with Gasteiger partial charge in [0.25, 0.3) is 0 Å². The van der Waals surface area contributed by atoms with Crippen LogP contribution in [0.25, 0.3) is 0 Å². The standard InChI is InChI=1S/C17H20ClFN2/c1-12(2)21(11-14-5-3-4-6-17(14)20)10-13-7-8-15(18)9-16(13)19/h3-9,12H,10-11,20H2,1-2H3. The van der Waals surface area contributed by atoms with E-state index in [2.05, 4.69) is 18.7 Å². The van der Waals surface area contributed by atoms with Gasteiger partial charge in [0.15, 0.2) is 0 Å². The molecule has 0 saturated carbocycles. The molecule has 0 spiro atoms. The van der Waals surface area contributed by atoms with Crippen LogP contribution in [-0.4, -0.2) is 10.9 Å². The molecule has 2 aromatic carbocycles. The molecule has 0 unspecified atom stereocenters. The molecule has 0 saturated heterocycles. The molecule has 0 bridgehead atoms. The molecule has 2 aromatic rings. The number of rotatable bonds is 5. The molecule has 0 atom stereocenters. The molecule has 4 heteroatoms. The molecule has 0 amide bonds. The van der Waals surface area contributed by atoms with E-state index in [4.69, 9.17) is 17.3 Å². The van der Waals surface area contributed by atoms with Crippen molar-refractivity contribution in [2.24, 2.45) is 0 Å². The third-order valence-electron chi connectivity index (χ3n) is 3.55. The van der Waals surface area contributed by atoms with Crippen LogP contribution in [0.3, 0.4) is 0 Å². The Morgan fingerprint density at radius 2 is 1.76 bits per heavy atom. The van der Waals surface area contributed by atoms with E-state index in [0.29, 0.717) is 23.7 Å². The second-order valence-electron chi connectivity index (χ2n) is 5.43. The van der Waals surface area contributed by atoms with Crippen LogP contribution < -0.4 is 5.73 Å². The molecule has 0 aliphatic heterocycles. The molecule has 2 rings (SSSR count). The van der Waals surface area contributed by atoms with Gasteiger partial charge in [0, 0.05) is 35.4 Å². The van der Waals surface area contributed by atoms with Gasteiger partial charge in [0.1, 0.15) is 5.82 Å². The highest BCUT2D eigenvalue weighted by molar-refractivity contribution is 6.30. The number of para-hydroxylation sites is 1. The summed E-state index contributed by atoms with van der Waals surface area (Å²) in [6, 6.07) is 12.9. The third-order valence-corrected chi connectivity index (χ3v) is 3.78. The fourth-order valence-electron chi connectivity index (χ4n) is 2.19. The molecule has 0 aromatic heterocycles. The minimum absolute atomic E-state index is 0.269. The predicted molar refractivity (Wildman–Crippen MR) is 86.6 cm³/mol. The molecular weight excluding hydrogens is 287 g/mol. The lowest BCUT2D eigenvalue weighted by Gasteiger charge is -2.27. The Morgan fingerprint density at radius 1 is 1.10 bits per heavy atom. The van der Waals surface area contributed by atoms with Crippen LogP contribution in [0.5, 0.6) is 0 Å². The van der Waals surface area contributed by atoms with Crippen LogP contribution >= 0.6 is 11.6 Å². The largest absolute Gasteiger partial charge is 0.398 e. The summed E-state index contributed by atoms with van der Waals surface area (Å²) < 4.78 is 14.0. The molecule has 112 valence electrons.